The van der Waals surface area contributed by atoms with E-state index in [1.54, 1.807) is 0 Å². The van der Waals surface area contributed by atoms with Crippen molar-refractivity contribution in [2.75, 3.05) is 11.5 Å². The predicted octanol–water partition coefficient (Wildman–Crippen LogP) is 1.49. The Bertz CT molecular complexity index is 278. The quantitative estimate of drug-likeness (QED) is 0.446. The molecule has 0 aromatic heterocycles. The lowest BCUT2D eigenvalue weighted by molar-refractivity contribution is 0.151. The van der Waals surface area contributed by atoms with Crippen molar-refractivity contribution in [3.05, 3.63) is 17.7 Å². The maximum absolute atomic E-state index is 12.1. The number of aromatic hydroxyl groups is 1. The van der Waals surface area contributed by atoms with E-state index in [4.69, 9.17) is 16.6 Å². The molecule has 0 saturated carbocycles. The summed E-state index contributed by atoms with van der Waals surface area (Å²) in [5.74, 6) is -0.412. The molecule has 0 aliphatic rings. The molecule has 3 nitrogen and oxygen atoms in total. The molecule has 0 unspecified atom stereocenters. The number of phenols is 1. The van der Waals surface area contributed by atoms with Crippen molar-refractivity contribution in [1.82, 2.24) is 0 Å². The Labute approximate surface area is 67.6 Å². The normalized spacial score (nSPS) is 10.6. The molecule has 0 bridgehead atoms. The predicted molar refractivity (Wildman–Crippen MR) is 41.9 cm³/mol. The van der Waals surface area contributed by atoms with Gasteiger partial charge in [-0.1, -0.05) is 0 Å². The van der Waals surface area contributed by atoms with Crippen LogP contribution in [0.1, 0.15) is 12.0 Å². The van der Waals surface area contributed by atoms with Gasteiger partial charge in [-0.2, -0.15) is 0 Å². The summed E-state index contributed by atoms with van der Waals surface area (Å²) < 4.78 is 24.1. The van der Waals surface area contributed by atoms with Gasteiger partial charge in [0.2, 0.25) is 0 Å². The lowest BCUT2D eigenvalue weighted by atomic mass is 10.1. The number of hydrogen-bond donors (Lipinski definition) is 3. The summed E-state index contributed by atoms with van der Waals surface area (Å²) in [7, 11) is 0. The van der Waals surface area contributed by atoms with Crippen molar-refractivity contribution in [2.24, 2.45) is 0 Å². The fourth-order valence-electron chi connectivity index (χ4n) is 0.808. The summed E-state index contributed by atoms with van der Waals surface area (Å²) in [6.45, 7) is 0. The van der Waals surface area contributed by atoms with Crippen LogP contribution in [-0.4, -0.2) is 5.11 Å². The number of rotatable bonds is 1. The molecule has 0 amide bonds. The average Bonchev–Trinajstić information content (AvgIpc) is 1.99. The third kappa shape index (κ3) is 1.39. The zero-order valence-electron chi connectivity index (χ0n) is 6.09. The number of nitrogen functional groups attached to an aromatic ring is 2. The van der Waals surface area contributed by atoms with E-state index < -0.39 is 12.2 Å². The number of hydrogen-bond acceptors (Lipinski definition) is 3. The number of nitrogens with two attached hydrogens (primary N) is 2. The maximum Gasteiger partial charge on any atom is 0.264 e. The lowest BCUT2D eigenvalue weighted by Gasteiger charge is -2.06. The minimum absolute atomic E-state index is 0.0368. The van der Waals surface area contributed by atoms with Crippen molar-refractivity contribution in [3.8, 4) is 5.75 Å². The second-order valence-electron chi connectivity index (χ2n) is 2.34. The molecular weight excluding hydrogens is 166 g/mol. The highest BCUT2D eigenvalue weighted by Crippen LogP contribution is 2.32. The maximum atomic E-state index is 12.1. The van der Waals surface area contributed by atoms with Crippen molar-refractivity contribution in [1.29, 1.82) is 0 Å². The monoisotopic (exact) mass is 174 g/mol. The Morgan fingerprint density at radius 2 is 1.83 bits per heavy atom. The summed E-state index contributed by atoms with van der Waals surface area (Å²) in [5, 5.41) is 8.99. The van der Waals surface area contributed by atoms with Gasteiger partial charge in [-0.15, -0.1) is 0 Å². The van der Waals surface area contributed by atoms with E-state index >= 15 is 0 Å². The van der Waals surface area contributed by atoms with E-state index in [1.165, 1.54) is 0 Å². The number of benzene rings is 1. The highest BCUT2D eigenvalue weighted by atomic mass is 19.3. The van der Waals surface area contributed by atoms with Crippen molar-refractivity contribution < 1.29 is 13.9 Å². The summed E-state index contributed by atoms with van der Waals surface area (Å²) in [6, 6.07) is 1.94. The van der Waals surface area contributed by atoms with Gasteiger partial charge in [0, 0.05) is 5.56 Å². The minimum Gasteiger partial charge on any atom is -0.506 e. The molecule has 1 aromatic rings. The fourth-order valence-corrected chi connectivity index (χ4v) is 0.808. The van der Waals surface area contributed by atoms with E-state index in [9.17, 15) is 8.78 Å². The summed E-state index contributed by atoms with van der Waals surface area (Å²) in [5.41, 5.74) is 10.0. The molecule has 0 fully saturated rings. The smallest absolute Gasteiger partial charge is 0.264 e. The average molecular weight is 174 g/mol. The van der Waals surface area contributed by atoms with Gasteiger partial charge in [-0.25, -0.2) is 8.78 Å². The first kappa shape index (κ1) is 8.58. The Balaban J connectivity index is 3.21. The van der Waals surface area contributed by atoms with Gasteiger partial charge in [-0.3, -0.25) is 0 Å². The van der Waals surface area contributed by atoms with Gasteiger partial charge < -0.3 is 16.6 Å². The molecule has 0 saturated heterocycles. The molecule has 1 rings (SSSR count). The van der Waals surface area contributed by atoms with Gasteiger partial charge in [-0.05, 0) is 12.1 Å². The van der Waals surface area contributed by atoms with E-state index in [2.05, 4.69) is 0 Å². The van der Waals surface area contributed by atoms with Crippen LogP contribution >= 0.6 is 0 Å². The molecule has 66 valence electrons. The standard InChI is InChI=1S/C7H8F2N2O/c8-7(9)3-1-4(10)6(11)5(12)2-3/h1-2,7,12H,10-11H2. The molecule has 0 heterocycles. The van der Waals surface area contributed by atoms with Crippen LogP contribution in [0.2, 0.25) is 0 Å². The molecule has 5 heteroatoms. The van der Waals surface area contributed by atoms with E-state index in [1.807, 2.05) is 0 Å². The fraction of sp³-hybridized carbons (Fsp3) is 0.143. The zero-order valence-corrected chi connectivity index (χ0v) is 6.09. The Morgan fingerprint density at radius 1 is 1.25 bits per heavy atom. The molecule has 0 radical (unpaired) electrons. The first-order valence-corrected chi connectivity index (χ1v) is 3.18. The van der Waals surface area contributed by atoms with E-state index in [0.29, 0.717) is 0 Å². The Morgan fingerprint density at radius 3 is 2.25 bits per heavy atom. The highest BCUT2D eigenvalue weighted by molar-refractivity contribution is 5.71. The minimum atomic E-state index is -2.65. The third-order valence-corrected chi connectivity index (χ3v) is 1.46. The molecule has 12 heavy (non-hydrogen) atoms. The van der Waals surface area contributed by atoms with Crippen molar-refractivity contribution in [2.45, 2.75) is 6.43 Å². The highest BCUT2D eigenvalue weighted by Gasteiger charge is 2.11. The summed E-state index contributed by atoms with van der Waals surface area (Å²) in [6.07, 6.45) is -2.65. The summed E-state index contributed by atoms with van der Waals surface area (Å²) in [4.78, 5) is 0. The van der Waals surface area contributed by atoms with E-state index in [-0.39, 0.29) is 16.9 Å². The molecule has 5 N–H and O–H groups in total. The van der Waals surface area contributed by atoms with Crippen molar-refractivity contribution >= 4 is 11.4 Å². The SMILES string of the molecule is Nc1cc(C(F)F)cc(O)c1N. The zero-order chi connectivity index (χ0) is 9.30. The first-order valence-electron chi connectivity index (χ1n) is 3.18. The van der Waals surface area contributed by atoms with Crippen LogP contribution in [-0.2, 0) is 0 Å². The van der Waals surface area contributed by atoms with Crippen LogP contribution in [0.15, 0.2) is 12.1 Å². The largest absolute Gasteiger partial charge is 0.506 e. The van der Waals surface area contributed by atoms with Crippen molar-refractivity contribution in [3.63, 3.8) is 0 Å². The second kappa shape index (κ2) is 2.84. The van der Waals surface area contributed by atoms with Crippen LogP contribution in [0.4, 0.5) is 20.2 Å². The molecule has 0 aliphatic heterocycles. The Hall–Kier alpha value is -1.52. The van der Waals surface area contributed by atoms with Gasteiger partial charge in [0.25, 0.3) is 6.43 Å². The van der Waals surface area contributed by atoms with Crippen LogP contribution in [0.5, 0.6) is 5.75 Å². The van der Waals surface area contributed by atoms with Gasteiger partial charge in [0.15, 0.2) is 0 Å². The molecular formula is C7H8F2N2O. The molecule has 0 spiro atoms. The number of alkyl halides is 2. The summed E-state index contributed by atoms with van der Waals surface area (Å²) >= 11 is 0. The molecule has 1 aromatic carbocycles. The van der Waals surface area contributed by atoms with E-state index in [0.717, 1.165) is 12.1 Å². The number of phenolic OH excluding ortho intramolecular Hbond substituents is 1. The van der Waals surface area contributed by atoms with Crippen LogP contribution in [0, 0.1) is 0 Å². The molecule has 0 atom stereocenters. The topological polar surface area (TPSA) is 72.3 Å². The third-order valence-electron chi connectivity index (χ3n) is 1.46. The van der Waals surface area contributed by atoms with Crippen LogP contribution in [0.3, 0.4) is 0 Å². The lowest BCUT2D eigenvalue weighted by Crippen LogP contribution is -1.97. The van der Waals surface area contributed by atoms with Gasteiger partial charge in [0.1, 0.15) is 5.75 Å². The second-order valence-corrected chi connectivity index (χ2v) is 2.34. The van der Waals surface area contributed by atoms with Crippen LogP contribution < -0.4 is 11.5 Å². The Kier molecular flexibility index (Phi) is 2.03. The number of anilines is 2. The van der Waals surface area contributed by atoms with Gasteiger partial charge >= 0.3 is 0 Å². The van der Waals surface area contributed by atoms with Crippen LogP contribution in [0.25, 0.3) is 0 Å². The number of halogens is 2. The molecule has 0 aliphatic carbocycles. The van der Waals surface area contributed by atoms with Gasteiger partial charge in [0.05, 0.1) is 11.4 Å². The first-order chi connectivity index (χ1) is 5.52.